The Morgan fingerprint density at radius 3 is 2.52 bits per heavy atom. The molecule has 1 heterocycles. The molecule has 4 rings (SSSR count). The van der Waals surface area contributed by atoms with Crippen LogP contribution in [0.5, 0.6) is 11.5 Å². The molecule has 0 bridgehead atoms. The minimum Gasteiger partial charge on any atom is -0.493 e. The molecule has 0 radical (unpaired) electrons. The van der Waals surface area contributed by atoms with E-state index in [0.29, 0.717) is 10.6 Å². The number of anilines is 2. The molecule has 0 unspecified atom stereocenters. The zero-order chi connectivity index (χ0) is 29.0. The minimum absolute atomic E-state index is 0.0182. The number of barbiturate groups is 1. The van der Waals surface area contributed by atoms with Crippen molar-refractivity contribution in [3.63, 3.8) is 0 Å². The number of methoxy groups -OCH3 is 1. The summed E-state index contributed by atoms with van der Waals surface area (Å²) in [5.74, 6) is -2.25. The number of hydrogen-bond donors (Lipinski definition) is 2. The van der Waals surface area contributed by atoms with Crippen LogP contribution in [0.15, 0.2) is 66.2 Å². The van der Waals surface area contributed by atoms with Crippen molar-refractivity contribution >= 4 is 58.5 Å². The van der Waals surface area contributed by atoms with Gasteiger partial charge in [0.2, 0.25) is 0 Å². The summed E-state index contributed by atoms with van der Waals surface area (Å²) in [5, 5.41) is 15.9. The lowest BCUT2D eigenvalue weighted by Crippen LogP contribution is -2.54. The van der Waals surface area contributed by atoms with E-state index in [1.807, 2.05) is 24.4 Å². The number of ether oxygens (including phenoxy) is 2. The number of nitrogens with zero attached hydrogens (tertiary/aromatic N) is 2. The largest absolute Gasteiger partial charge is 0.493 e. The lowest BCUT2D eigenvalue weighted by Gasteiger charge is -2.26. The highest BCUT2D eigenvalue weighted by Gasteiger charge is 2.37. The highest BCUT2D eigenvalue weighted by Crippen LogP contribution is 2.37. The summed E-state index contributed by atoms with van der Waals surface area (Å²) in [4.78, 5) is 61.5. The SMILES string of the molecule is COc1cc(/C=C2\C(=O)NC(=O)N(c3cccc([N+](=O)[O-])c3)C2=O)cc(Cl)c1OCC(=O)Nc1ccc(C)cc1. The van der Waals surface area contributed by atoms with E-state index in [9.17, 15) is 29.3 Å². The number of halogens is 1. The fourth-order valence-corrected chi connectivity index (χ4v) is 4.01. The van der Waals surface area contributed by atoms with Crippen molar-refractivity contribution in [1.82, 2.24) is 5.32 Å². The van der Waals surface area contributed by atoms with Gasteiger partial charge in [0.05, 0.1) is 22.7 Å². The molecule has 1 aliphatic rings. The van der Waals surface area contributed by atoms with Crippen molar-refractivity contribution in [1.29, 1.82) is 0 Å². The predicted octanol–water partition coefficient (Wildman–Crippen LogP) is 4.25. The Balaban J connectivity index is 1.57. The minimum atomic E-state index is -1.06. The zero-order valence-corrected chi connectivity index (χ0v) is 21.9. The average Bonchev–Trinajstić information content (AvgIpc) is 2.91. The number of aryl methyl sites for hydroxylation is 1. The van der Waals surface area contributed by atoms with E-state index in [1.165, 1.54) is 43.5 Å². The monoisotopic (exact) mass is 564 g/mol. The number of nitro benzene ring substituents is 1. The molecule has 0 spiro atoms. The first-order valence-corrected chi connectivity index (χ1v) is 12.0. The molecule has 0 atom stereocenters. The van der Waals surface area contributed by atoms with E-state index in [1.54, 1.807) is 12.1 Å². The van der Waals surface area contributed by atoms with Gasteiger partial charge in [-0.3, -0.25) is 29.8 Å². The molecule has 3 aromatic carbocycles. The van der Waals surface area contributed by atoms with Crippen molar-refractivity contribution in [2.45, 2.75) is 6.92 Å². The lowest BCUT2D eigenvalue weighted by molar-refractivity contribution is -0.384. The highest BCUT2D eigenvalue weighted by molar-refractivity contribution is 6.39. The number of benzene rings is 3. The van der Waals surface area contributed by atoms with Crippen LogP contribution in [0.1, 0.15) is 11.1 Å². The first-order chi connectivity index (χ1) is 19.1. The van der Waals surface area contributed by atoms with Gasteiger partial charge in [-0.1, -0.05) is 35.4 Å². The Morgan fingerprint density at radius 2 is 1.85 bits per heavy atom. The fourth-order valence-electron chi connectivity index (χ4n) is 3.74. The summed E-state index contributed by atoms with van der Waals surface area (Å²) in [6, 6.07) is 13.8. The van der Waals surface area contributed by atoms with Crippen LogP contribution in [0.25, 0.3) is 6.08 Å². The normalized spacial score (nSPS) is 14.1. The molecule has 3 aromatic rings. The molecule has 2 N–H and O–H groups in total. The maximum absolute atomic E-state index is 13.2. The van der Waals surface area contributed by atoms with Crippen LogP contribution in [0, 0.1) is 17.0 Å². The summed E-state index contributed by atoms with van der Waals surface area (Å²) in [6.45, 7) is 1.54. The molecule has 204 valence electrons. The molecule has 0 aromatic heterocycles. The summed E-state index contributed by atoms with van der Waals surface area (Å²) < 4.78 is 10.9. The first-order valence-electron chi connectivity index (χ1n) is 11.6. The standard InChI is InChI=1S/C27H21ClN4O8/c1-15-6-8-17(9-7-15)29-23(33)14-40-24-21(28)11-16(12-22(24)39-2)10-20-25(34)30-27(36)31(26(20)35)18-4-3-5-19(13-18)32(37)38/h3-13H,14H2,1-2H3,(H,29,33)(H,30,34,36)/b20-10+. The molecule has 1 saturated heterocycles. The maximum Gasteiger partial charge on any atom is 0.335 e. The average molecular weight is 565 g/mol. The second-order valence-corrected chi connectivity index (χ2v) is 8.88. The van der Waals surface area contributed by atoms with Crippen LogP contribution in [-0.4, -0.2) is 42.4 Å². The Hall–Kier alpha value is -5.23. The van der Waals surface area contributed by atoms with Gasteiger partial charge in [0.15, 0.2) is 18.1 Å². The molecule has 12 nitrogen and oxygen atoms in total. The summed E-state index contributed by atoms with van der Waals surface area (Å²) in [7, 11) is 1.34. The van der Waals surface area contributed by atoms with Crippen LogP contribution in [-0.2, 0) is 14.4 Å². The van der Waals surface area contributed by atoms with Crippen molar-refractivity contribution in [3.8, 4) is 11.5 Å². The van der Waals surface area contributed by atoms with Crippen LogP contribution < -0.4 is 25.0 Å². The highest BCUT2D eigenvalue weighted by atomic mass is 35.5. The van der Waals surface area contributed by atoms with Gasteiger partial charge in [-0.05, 0) is 48.9 Å². The number of amides is 5. The Kier molecular flexibility index (Phi) is 8.10. The molecular formula is C27H21ClN4O8. The number of non-ortho nitro benzene ring substituents is 1. The second-order valence-electron chi connectivity index (χ2n) is 8.47. The predicted molar refractivity (Wildman–Crippen MR) is 145 cm³/mol. The number of urea groups is 1. The molecule has 13 heteroatoms. The molecular weight excluding hydrogens is 544 g/mol. The topological polar surface area (TPSA) is 157 Å². The van der Waals surface area contributed by atoms with Crippen molar-refractivity contribution in [2.75, 3.05) is 23.9 Å². The van der Waals surface area contributed by atoms with Crippen molar-refractivity contribution in [2.24, 2.45) is 0 Å². The van der Waals surface area contributed by atoms with Gasteiger partial charge in [0, 0.05) is 17.8 Å². The van der Waals surface area contributed by atoms with Gasteiger partial charge in [-0.2, -0.15) is 0 Å². The van der Waals surface area contributed by atoms with E-state index in [-0.39, 0.29) is 40.1 Å². The number of carbonyl (C=O) groups excluding carboxylic acids is 4. The van der Waals surface area contributed by atoms with Gasteiger partial charge >= 0.3 is 6.03 Å². The number of rotatable bonds is 8. The number of carbonyl (C=O) groups is 4. The fraction of sp³-hybridized carbons (Fsp3) is 0.111. The first kappa shape index (κ1) is 27.8. The molecule has 1 aliphatic heterocycles. The van der Waals surface area contributed by atoms with Crippen molar-refractivity contribution < 1.29 is 33.6 Å². The van der Waals surface area contributed by atoms with Crippen LogP contribution in [0.2, 0.25) is 5.02 Å². The van der Waals surface area contributed by atoms with Gasteiger partial charge in [0.25, 0.3) is 23.4 Å². The number of hydrogen-bond acceptors (Lipinski definition) is 8. The van der Waals surface area contributed by atoms with Gasteiger partial charge < -0.3 is 14.8 Å². The Bertz CT molecular complexity index is 1570. The summed E-state index contributed by atoms with van der Waals surface area (Å²) in [5.41, 5.74) is 0.989. The summed E-state index contributed by atoms with van der Waals surface area (Å²) in [6.07, 6.45) is 1.18. The summed E-state index contributed by atoms with van der Waals surface area (Å²) >= 11 is 6.38. The van der Waals surface area contributed by atoms with Crippen LogP contribution in [0.4, 0.5) is 21.9 Å². The zero-order valence-electron chi connectivity index (χ0n) is 21.1. The number of imide groups is 2. The Labute approximate surface area is 232 Å². The van der Waals surface area contributed by atoms with Gasteiger partial charge in [-0.25, -0.2) is 9.69 Å². The smallest absolute Gasteiger partial charge is 0.335 e. The Morgan fingerprint density at radius 1 is 1.12 bits per heavy atom. The van der Waals surface area contributed by atoms with Crippen LogP contribution in [0.3, 0.4) is 0 Å². The third kappa shape index (κ3) is 6.08. The third-order valence-corrected chi connectivity index (χ3v) is 5.93. The molecule has 40 heavy (non-hydrogen) atoms. The second kappa shape index (κ2) is 11.7. The number of nitro groups is 1. The van der Waals surface area contributed by atoms with E-state index >= 15 is 0 Å². The van der Waals surface area contributed by atoms with Gasteiger partial charge in [-0.15, -0.1) is 0 Å². The number of nitrogens with one attached hydrogen (secondary N) is 2. The molecule has 0 aliphatic carbocycles. The van der Waals surface area contributed by atoms with E-state index < -0.39 is 34.2 Å². The van der Waals surface area contributed by atoms with E-state index in [0.717, 1.165) is 11.6 Å². The molecule has 0 saturated carbocycles. The van der Waals surface area contributed by atoms with Crippen LogP contribution >= 0.6 is 11.6 Å². The van der Waals surface area contributed by atoms with Gasteiger partial charge in [0.1, 0.15) is 5.57 Å². The molecule has 5 amide bonds. The van der Waals surface area contributed by atoms with E-state index in [2.05, 4.69) is 5.32 Å². The lowest BCUT2D eigenvalue weighted by atomic mass is 10.1. The third-order valence-electron chi connectivity index (χ3n) is 5.65. The van der Waals surface area contributed by atoms with E-state index in [4.69, 9.17) is 21.1 Å². The molecule has 1 fully saturated rings. The van der Waals surface area contributed by atoms with Crippen molar-refractivity contribution in [3.05, 3.63) is 92.5 Å². The quantitative estimate of drug-likeness (QED) is 0.178. The maximum atomic E-state index is 13.2.